The Balaban J connectivity index is 1.37. The summed E-state index contributed by atoms with van der Waals surface area (Å²) in [5.41, 5.74) is 0.338. The first-order chi connectivity index (χ1) is 20.6. The third-order valence-electron chi connectivity index (χ3n) is 14.3. The highest BCUT2D eigenvalue weighted by Gasteiger charge is 2.83. The Hall–Kier alpha value is -0.200. The van der Waals surface area contributed by atoms with Crippen LogP contribution in [0.2, 0.25) is 0 Å². The molecule has 5 heteroatoms. The van der Waals surface area contributed by atoms with Gasteiger partial charge in [-0.1, -0.05) is 53.9 Å². The molecule has 10 atom stereocenters. The van der Waals surface area contributed by atoms with E-state index < -0.39 is 0 Å². The number of aliphatic hydroxyl groups is 3. The molecular weight excluding hydrogens is 534 g/mol. The van der Waals surface area contributed by atoms with Crippen LogP contribution in [0.3, 0.4) is 0 Å². The Morgan fingerprint density at radius 3 is 2.12 bits per heavy atom. The Morgan fingerprint density at radius 1 is 0.767 bits per heavy atom. The van der Waals surface area contributed by atoms with Crippen molar-refractivity contribution in [2.45, 2.75) is 161 Å². The minimum absolute atomic E-state index is 0.127. The molecule has 5 aliphatic rings. The summed E-state index contributed by atoms with van der Waals surface area (Å²) in [4.78, 5) is 2.68. The maximum Gasteiger partial charge on any atom is 0.112 e. The maximum atomic E-state index is 11.1. The molecule has 1 saturated heterocycles. The van der Waals surface area contributed by atoms with E-state index in [1.54, 1.807) is 0 Å². The van der Waals surface area contributed by atoms with Crippen LogP contribution >= 0.6 is 0 Å². The number of hydrogen-bond donors (Lipinski definition) is 3. The smallest absolute Gasteiger partial charge is 0.112 e. The van der Waals surface area contributed by atoms with Gasteiger partial charge in [-0.15, -0.1) is 0 Å². The SMILES string of the molecule is CC(C)CCC[C@@H](C)[C@H]1CC[C@H]2[C@@H]3CC4(CN(CCCCCO)CCCCCO)OC45CC(O)CC[C@]5(C)[C@H]3CC[C@]12C. The molecule has 4 aliphatic carbocycles. The standard InChI is InChI=1S/C38H69NO4/c1-28(2)13-12-14-29(3)32-15-16-33-31-26-37(27-39(21-8-6-10-23-40)22-9-7-11-24-41)38(43-37)25-30(42)17-20-36(38,5)34(31)18-19-35(32,33)4/h28-34,40-42H,6-27H2,1-5H3/t29-,30?,31+,32-,33+,34+,35-,36-,37?,38?/m1/s1. The second-order valence-electron chi connectivity index (χ2n) is 17.2. The zero-order valence-corrected chi connectivity index (χ0v) is 28.8. The molecule has 5 fully saturated rings. The highest BCUT2D eigenvalue weighted by molar-refractivity contribution is 5.31. The van der Waals surface area contributed by atoms with Crippen LogP contribution in [0.25, 0.3) is 0 Å². The quantitative estimate of drug-likeness (QED) is 0.118. The van der Waals surface area contributed by atoms with Gasteiger partial charge in [-0.3, -0.25) is 0 Å². The van der Waals surface area contributed by atoms with Crippen molar-refractivity contribution in [2.75, 3.05) is 32.8 Å². The molecule has 0 aromatic rings. The van der Waals surface area contributed by atoms with Gasteiger partial charge >= 0.3 is 0 Å². The highest BCUT2D eigenvalue weighted by Crippen LogP contribution is 2.78. The van der Waals surface area contributed by atoms with Crippen LogP contribution in [0, 0.1) is 46.3 Å². The Labute approximate surface area is 264 Å². The monoisotopic (exact) mass is 604 g/mol. The van der Waals surface area contributed by atoms with Gasteiger partial charge in [0.15, 0.2) is 0 Å². The van der Waals surface area contributed by atoms with E-state index in [0.717, 1.165) is 113 Å². The lowest BCUT2D eigenvalue weighted by Gasteiger charge is -2.61. The third kappa shape index (κ3) is 6.39. The number of aliphatic hydroxyl groups excluding tert-OH is 3. The number of ether oxygens (including phenoxy) is 1. The topological polar surface area (TPSA) is 76.5 Å². The maximum absolute atomic E-state index is 11.1. The first-order valence-corrected chi connectivity index (χ1v) is 18.9. The summed E-state index contributed by atoms with van der Waals surface area (Å²) in [5.74, 6) is 4.79. The number of fused-ring (bicyclic) bond motifs is 4. The molecule has 3 N–H and O–H groups in total. The number of epoxide rings is 1. The van der Waals surface area contributed by atoms with Gasteiger partial charge in [-0.05, 0) is 137 Å². The van der Waals surface area contributed by atoms with Crippen LogP contribution in [0.5, 0.6) is 0 Å². The van der Waals surface area contributed by atoms with Gasteiger partial charge < -0.3 is 25.0 Å². The average Bonchev–Trinajstić information content (AvgIpc) is 3.43. The molecule has 1 aliphatic heterocycles. The van der Waals surface area contributed by atoms with Crippen LogP contribution in [-0.4, -0.2) is 70.4 Å². The van der Waals surface area contributed by atoms with Crippen LogP contribution in [0.15, 0.2) is 0 Å². The Morgan fingerprint density at radius 2 is 1.47 bits per heavy atom. The Kier molecular flexibility index (Phi) is 11.0. The predicted molar refractivity (Wildman–Crippen MR) is 176 cm³/mol. The first-order valence-electron chi connectivity index (χ1n) is 18.9. The van der Waals surface area contributed by atoms with Crippen molar-refractivity contribution in [3.05, 3.63) is 0 Å². The molecule has 0 aromatic heterocycles. The minimum atomic E-state index is -0.231. The summed E-state index contributed by atoms with van der Waals surface area (Å²) in [6.07, 6.45) is 19.7. The summed E-state index contributed by atoms with van der Waals surface area (Å²) >= 11 is 0. The Bertz CT molecular complexity index is 885. The first kappa shape index (κ1) is 34.1. The van der Waals surface area contributed by atoms with Crippen molar-refractivity contribution in [1.82, 2.24) is 4.90 Å². The van der Waals surface area contributed by atoms with E-state index in [1.165, 1.54) is 51.4 Å². The number of rotatable bonds is 17. The number of nitrogens with zero attached hydrogens (tertiary/aromatic N) is 1. The number of hydrogen-bond acceptors (Lipinski definition) is 5. The fourth-order valence-corrected chi connectivity index (χ4v) is 12.1. The van der Waals surface area contributed by atoms with Crippen LogP contribution < -0.4 is 0 Å². The molecular formula is C38H69NO4. The predicted octanol–water partition coefficient (Wildman–Crippen LogP) is 7.60. The van der Waals surface area contributed by atoms with E-state index in [0.29, 0.717) is 5.41 Å². The molecule has 5 rings (SSSR count). The largest absolute Gasteiger partial charge is 0.396 e. The third-order valence-corrected chi connectivity index (χ3v) is 14.3. The molecule has 1 spiro atoms. The van der Waals surface area contributed by atoms with Gasteiger partial charge in [0, 0.05) is 31.6 Å². The van der Waals surface area contributed by atoms with E-state index >= 15 is 0 Å². The second-order valence-corrected chi connectivity index (χ2v) is 17.2. The van der Waals surface area contributed by atoms with Crippen molar-refractivity contribution in [1.29, 1.82) is 0 Å². The van der Waals surface area contributed by atoms with E-state index in [2.05, 4.69) is 39.5 Å². The van der Waals surface area contributed by atoms with Gasteiger partial charge in [0.25, 0.3) is 0 Å². The summed E-state index contributed by atoms with van der Waals surface area (Å²) in [7, 11) is 0. The lowest BCUT2D eigenvalue weighted by molar-refractivity contribution is -0.124. The molecule has 4 saturated carbocycles. The van der Waals surface area contributed by atoms with Gasteiger partial charge in [0.1, 0.15) is 11.2 Å². The fraction of sp³-hybridized carbons (Fsp3) is 1.00. The normalized spacial score (nSPS) is 42.4. The van der Waals surface area contributed by atoms with E-state index in [-0.39, 0.29) is 35.9 Å². The van der Waals surface area contributed by atoms with Crippen LogP contribution in [0.4, 0.5) is 0 Å². The number of unbranched alkanes of at least 4 members (excludes halogenated alkanes) is 4. The fourth-order valence-electron chi connectivity index (χ4n) is 12.1. The van der Waals surface area contributed by atoms with Gasteiger partial charge in [-0.2, -0.15) is 0 Å². The molecule has 0 amide bonds. The van der Waals surface area contributed by atoms with Crippen molar-refractivity contribution in [3.63, 3.8) is 0 Å². The zero-order chi connectivity index (χ0) is 30.9. The molecule has 5 nitrogen and oxygen atoms in total. The second kappa shape index (κ2) is 13.9. The van der Waals surface area contributed by atoms with Crippen molar-refractivity contribution in [3.8, 4) is 0 Å². The van der Waals surface area contributed by atoms with E-state index in [9.17, 15) is 15.3 Å². The van der Waals surface area contributed by atoms with Gasteiger partial charge in [0.2, 0.25) is 0 Å². The average molecular weight is 604 g/mol. The van der Waals surface area contributed by atoms with E-state index in [1.807, 2.05) is 0 Å². The summed E-state index contributed by atoms with van der Waals surface area (Å²) < 4.78 is 7.26. The van der Waals surface area contributed by atoms with Crippen molar-refractivity contribution < 1.29 is 20.1 Å². The van der Waals surface area contributed by atoms with Gasteiger partial charge in [0.05, 0.1) is 6.10 Å². The van der Waals surface area contributed by atoms with Crippen LogP contribution in [-0.2, 0) is 4.74 Å². The molecule has 250 valence electrons. The van der Waals surface area contributed by atoms with Crippen LogP contribution in [0.1, 0.15) is 144 Å². The summed E-state index contributed by atoms with van der Waals surface area (Å²) in [6.45, 7) is 16.3. The lowest BCUT2D eigenvalue weighted by Crippen LogP contribution is -2.63. The van der Waals surface area contributed by atoms with Gasteiger partial charge in [-0.25, -0.2) is 0 Å². The summed E-state index contributed by atoms with van der Waals surface area (Å²) in [6, 6.07) is 0. The minimum Gasteiger partial charge on any atom is -0.396 e. The highest BCUT2D eigenvalue weighted by atomic mass is 16.6. The molecule has 0 radical (unpaired) electrons. The molecule has 1 heterocycles. The van der Waals surface area contributed by atoms with Crippen molar-refractivity contribution >= 4 is 0 Å². The van der Waals surface area contributed by atoms with E-state index in [4.69, 9.17) is 4.74 Å². The molecule has 43 heavy (non-hydrogen) atoms. The zero-order valence-electron chi connectivity index (χ0n) is 28.8. The molecule has 0 aromatic carbocycles. The molecule has 3 unspecified atom stereocenters. The van der Waals surface area contributed by atoms with Crippen molar-refractivity contribution in [2.24, 2.45) is 46.3 Å². The molecule has 0 bridgehead atoms. The summed E-state index contributed by atoms with van der Waals surface area (Å²) in [5, 5.41) is 29.8. The lowest BCUT2D eigenvalue weighted by atomic mass is 9.42.